The van der Waals surface area contributed by atoms with Gasteiger partial charge < -0.3 is 4.90 Å². The summed E-state index contributed by atoms with van der Waals surface area (Å²) in [5.74, 6) is 0.0873. The van der Waals surface area contributed by atoms with Gasteiger partial charge >= 0.3 is 33.9 Å². The predicted molar refractivity (Wildman–Crippen MR) is 110 cm³/mol. The molecule has 162 valence electrons. The molecule has 0 spiro atoms. The molecular weight excluding hydrogens is 434 g/mol. The summed E-state index contributed by atoms with van der Waals surface area (Å²) < 4.78 is 22.5. The van der Waals surface area contributed by atoms with Crippen LogP contribution in [0.25, 0.3) is 0 Å². The van der Waals surface area contributed by atoms with Gasteiger partial charge in [-0.25, -0.2) is 0 Å². The first kappa shape index (κ1) is 33.0. The first-order chi connectivity index (χ1) is 14.2. The molecule has 0 aliphatic heterocycles. The molecule has 0 unspecified atom stereocenters. The molecule has 0 saturated heterocycles. The zero-order valence-corrected chi connectivity index (χ0v) is 19.5. The Morgan fingerprint density at radius 1 is 0.871 bits per heavy atom. The van der Waals surface area contributed by atoms with Gasteiger partial charge in [0.2, 0.25) is 5.91 Å². The number of ketones is 1. The standard InChI is InChI=1S/C21H25NO2.3CO.Cr/c1-15-10-9-13-17(14-18(23)16-11-7-6-8-12-16)19(15)22(5)20(24)21(2,3)4;3*1-2;/h6-13H,14H2,1-5H3;;;;. The van der Waals surface area contributed by atoms with Crippen molar-refractivity contribution >= 4 is 17.4 Å². The summed E-state index contributed by atoms with van der Waals surface area (Å²) in [6.07, 6.45) is 0.281. The van der Waals surface area contributed by atoms with Gasteiger partial charge in [0.25, 0.3) is 0 Å². The van der Waals surface area contributed by atoms with Crippen molar-refractivity contribution in [2.24, 2.45) is 5.41 Å². The fourth-order valence-electron chi connectivity index (χ4n) is 2.85. The largest absolute Gasteiger partial charge is 0 e. The summed E-state index contributed by atoms with van der Waals surface area (Å²) in [6.45, 7) is 21.2. The van der Waals surface area contributed by atoms with Crippen molar-refractivity contribution in [1.29, 1.82) is 0 Å². The minimum Gasteiger partial charge on any atom is 0 e. The van der Waals surface area contributed by atoms with Gasteiger partial charge in [0, 0.05) is 47.5 Å². The van der Waals surface area contributed by atoms with Crippen LogP contribution in [0, 0.1) is 32.3 Å². The van der Waals surface area contributed by atoms with Crippen LogP contribution in [0.3, 0.4) is 0 Å². The molecule has 0 aliphatic rings. The van der Waals surface area contributed by atoms with Crippen molar-refractivity contribution in [3.63, 3.8) is 0 Å². The molecule has 7 heteroatoms. The summed E-state index contributed by atoms with van der Waals surface area (Å²) in [4.78, 5) is 26.9. The van der Waals surface area contributed by atoms with E-state index >= 15 is 0 Å². The molecule has 31 heavy (non-hydrogen) atoms. The van der Waals surface area contributed by atoms with Gasteiger partial charge in [0.05, 0.1) is 0 Å². The third-order valence-electron chi connectivity index (χ3n) is 4.05. The van der Waals surface area contributed by atoms with Crippen molar-refractivity contribution in [3.05, 3.63) is 85.2 Å². The zero-order chi connectivity index (χ0) is 23.9. The molecule has 0 aromatic heterocycles. The van der Waals surface area contributed by atoms with E-state index < -0.39 is 5.41 Å². The molecule has 0 atom stereocenters. The van der Waals surface area contributed by atoms with Gasteiger partial charge in [0.1, 0.15) is 0 Å². The minimum absolute atomic E-state index is 0. The van der Waals surface area contributed by atoms with E-state index in [0.29, 0.717) is 5.56 Å². The van der Waals surface area contributed by atoms with Crippen LogP contribution in [0.1, 0.15) is 42.3 Å². The fraction of sp³-hybridized carbons (Fsp3) is 0.292. The van der Waals surface area contributed by atoms with Gasteiger partial charge in [-0.1, -0.05) is 69.3 Å². The first-order valence-corrected chi connectivity index (χ1v) is 8.78. The minimum atomic E-state index is -0.474. The second kappa shape index (κ2) is 17.1. The number of nitrogens with zero attached hydrogens (tertiary/aromatic N) is 1. The Bertz CT molecular complexity index is 866. The predicted octanol–water partition coefficient (Wildman–Crippen LogP) is 4.31. The Morgan fingerprint density at radius 2 is 1.35 bits per heavy atom. The van der Waals surface area contributed by atoms with Crippen LogP contribution in [0.15, 0.2) is 48.5 Å². The van der Waals surface area contributed by atoms with E-state index in [0.717, 1.165) is 16.8 Å². The van der Waals surface area contributed by atoms with Crippen LogP contribution < -0.4 is 4.90 Å². The molecule has 1 amide bonds. The summed E-state index contributed by atoms with van der Waals surface area (Å²) in [5.41, 5.74) is 2.92. The van der Waals surface area contributed by atoms with Crippen LogP contribution >= 0.6 is 0 Å². The average Bonchev–Trinajstić information content (AvgIpc) is 2.77. The molecule has 0 fully saturated rings. The maximum absolute atomic E-state index is 12.7. The SMILES string of the molecule is Cc1cccc(CC(=O)c2ccccc2)c1N(C)C(=O)C(C)(C)C.[C-]#[O+].[C-]#[O+].[C-]#[O+].[Cr]. The number of hydrogen-bond donors (Lipinski definition) is 0. The van der Waals surface area contributed by atoms with E-state index in [1.165, 1.54) is 0 Å². The van der Waals surface area contributed by atoms with E-state index in [1.54, 1.807) is 11.9 Å². The molecule has 2 aromatic carbocycles. The molecule has 0 heterocycles. The van der Waals surface area contributed by atoms with Crippen molar-refractivity contribution in [2.45, 2.75) is 34.1 Å². The maximum Gasteiger partial charge on any atom is 0 e. The van der Waals surface area contributed by atoms with Crippen molar-refractivity contribution < 1.29 is 40.9 Å². The number of anilines is 1. The number of para-hydroxylation sites is 1. The fourth-order valence-corrected chi connectivity index (χ4v) is 2.85. The van der Waals surface area contributed by atoms with E-state index in [9.17, 15) is 9.59 Å². The number of hydrogen-bond acceptors (Lipinski definition) is 2. The molecule has 0 N–H and O–H groups in total. The number of amides is 1. The number of benzene rings is 2. The van der Waals surface area contributed by atoms with Crippen molar-refractivity contribution in [2.75, 3.05) is 11.9 Å². The van der Waals surface area contributed by atoms with Gasteiger partial charge in [-0.3, -0.25) is 9.59 Å². The molecule has 0 aliphatic carbocycles. The van der Waals surface area contributed by atoms with E-state index in [4.69, 9.17) is 14.0 Å². The van der Waals surface area contributed by atoms with E-state index in [-0.39, 0.29) is 35.5 Å². The normalized spacial score (nSPS) is 8.87. The Labute approximate surface area is 194 Å². The molecule has 0 saturated carbocycles. The average molecular weight is 459 g/mol. The smallest absolute Gasteiger partial charge is 0 e. The Kier molecular flexibility index (Phi) is 18.1. The quantitative estimate of drug-likeness (QED) is 0.387. The van der Waals surface area contributed by atoms with Gasteiger partial charge in [0.15, 0.2) is 5.78 Å². The number of Topliss-reactive ketones (excluding diaryl/α,β-unsaturated/α-hetero) is 1. The second-order valence-electron chi connectivity index (χ2n) is 7.16. The molecule has 2 aromatic rings. The third-order valence-corrected chi connectivity index (χ3v) is 4.05. The van der Waals surface area contributed by atoms with Crippen LogP contribution in [-0.2, 0) is 42.5 Å². The molecule has 0 radical (unpaired) electrons. The van der Waals surface area contributed by atoms with Crippen LogP contribution in [0.2, 0.25) is 0 Å². The topological polar surface area (TPSA) is 97.1 Å². The molecule has 6 nitrogen and oxygen atoms in total. The van der Waals surface area contributed by atoms with E-state index in [2.05, 4.69) is 20.0 Å². The Hall–Kier alpha value is -2.67. The summed E-state index contributed by atoms with van der Waals surface area (Å²) in [7, 11) is 1.78. The third kappa shape index (κ3) is 10.3. The van der Waals surface area contributed by atoms with E-state index in [1.807, 2.05) is 76.2 Å². The second-order valence-corrected chi connectivity index (χ2v) is 7.16. The molecule has 0 bridgehead atoms. The van der Waals surface area contributed by atoms with Crippen LogP contribution in [0.5, 0.6) is 0 Å². The molecular formula is C24H25CrNO5. The number of rotatable bonds is 4. The van der Waals surface area contributed by atoms with Gasteiger partial charge in [-0.15, -0.1) is 0 Å². The van der Waals surface area contributed by atoms with Crippen LogP contribution in [-0.4, -0.2) is 18.7 Å². The summed E-state index contributed by atoms with van der Waals surface area (Å²) in [5, 5.41) is 0. The maximum atomic E-state index is 12.7. The van der Waals surface area contributed by atoms with Gasteiger partial charge in [-0.2, -0.15) is 0 Å². The van der Waals surface area contributed by atoms with Gasteiger partial charge in [-0.05, 0) is 18.1 Å². The molecule has 2 rings (SSSR count). The van der Waals surface area contributed by atoms with Crippen molar-refractivity contribution in [3.8, 4) is 0 Å². The van der Waals surface area contributed by atoms with Crippen LogP contribution in [0.4, 0.5) is 5.69 Å². The number of aryl methyl sites for hydroxylation is 1. The number of carbonyl (C=O) groups excluding carboxylic acids is 2. The summed E-state index contributed by atoms with van der Waals surface area (Å²) in [6, 6.07) is 15.1. The Morgan fingerprint density at radius 3 is 1.81 bits per heavy atom. The Balaban J connectivity index is -0.00000103. The zero-order valence-electron chi connectivity index (χ0n) is 18.2. The monoisotopic (exact) mass is 459 g/mol. The summed E-state index contributed by atoms with van der Waals surface area (Å²) >= 11 is 0. The number of carbonyl (C=O) groups is 2. The van der Waals surface area contributed by atoms with Crippen molar-refractivity contribution in [1.82, 2.24) is 0 Å². The first-order valence-electron chi connectivity index (χ1n) is 8.78.